The summed E-state index contributed by atoms with van der Waals surface area (Å²) in [5, 5.41) is 3.53. The Morgan fingerprint density at radius 3 is 2.80 bits per heavy atom. The van der Waals surface area contributed by atoms with E-state index in [2.05, 4.69) is 5.32 Å². The second-order valence-corrected chi connectivity index (χ2v) is 6.29. The number of furan rings is 1. The third kappa shape index (κ3) is 3.51. The van der Waals surface area contributed by atoms with E-state index in [1.807, 2.05) is 13.0 Å². The van der Waals surface area contributed by atoms with Crippen molar-refractivity contribution in [3.63, 3.8) is 0 Å². The molecule has 0 saturated carbocycles. The molecular formula is C18H17NO5S. The Morgan fingerprint density at radius 2 is 2.12 bits per heavy atom. The molecule has 0 atom stereocenters. The number of carbonyl (C=O) groups excluding carboxylic acids is 2. The van der Waals surface area contributed by atoms with Gasteiger partial charge in [0.15, 0.2) is 16.4 Å². The molecule has 25 heavy (non-hydrogen) atoms. The molecule has 0 spiro atoms. The second-order valence-electron chi connectivity index (χ2n) is 5.24. The molecule has 0 unspecified atom stereocenters. The number of methoxy groups -OCH3 is 1. The van der Waals surface area contributed by atoms with Crippen molar-refractivity contribution in [3.8, 4) is 5.75 Å². The van der Waals surface area contributed by atoms with E-state index in [1.54, 1.807) is 24.3 Å². The number of amides is 1. The Kier molecular flexibility index (Phi) is 5.04. The molecule has 0 aliphatic heterocycles. The molecule has 0 fully saturated rings. The number of hydrogen-bond donors (Lipinski definition) is 1. The van der Waals surface area contributed by atoms with Crippen LogP contribution in [0.3, 0.4) is 0 Å². The highest BCUT2D eigenvalue weighted by Gasteiger charge is 2.21. The first kappa shape index (κ1) is 17.0. The molecule has 2 heterocycles. The molecule has 0 aliphatic carbocycles. The van der Waals surface area contributed by atoms with E-state index in [0.29, 0.717) is 22.9 Å². The first-order valence-electron chi connectivity index (χ1n) is 7.76. The van der Waals surface area contributed by atoms with Crippen LogP contribution in [0.4, 0.5) is 5.69 Å². The van der Waals surface area contributed by atoms with Crippen LogP contribution in [0.5, 0.6) is 5.75 Å². The largest absolute Gasteiger partial charge is 0.491 e. The van der Waals surface area contributed by atoms with Gasteiger partial charge in [-0.2, -0.15) is 0 Å². The number of ether oxygens (including phenoxy) is 2. The van der Waals surface area contributed by atoms with Gasteiger partial charge in [0.25, 0.3) is 5.91 Å². The Balaban J connectivity index is 1.97. The maximum absolute atomic E-state index is 12.1. The zero-order chi connectivity index (χ0) is 17.8. The lowest BCUT2D eigenvalue weighted by Crippen LogP contribution is -2.10. The van der Waals surface area contributed by atoms with Gasteiger partial charge in [-0.1, -0.05) is 6.92 Å². The van der Waals surface area contributed by atoms with Crippen LogP contribution in [-0.4, -0.2) is 25.6 Å². The number of anilines is 1. The summed E-state index contributed by atoms with van der Waals surface area (Å²) < 4.78 is 16.6. The second kappa shape index (κ2) is 7.40. The van der Waals surface area contributed by atoms with Crippen molar-refractivity contribution in [3.05, 3.63) is 47.2 Å². The topological polar surface area (TPSA) is 77.8 Å². The fourth-order valence-electron chi connectivity index (χ4n) is 2.33. The quantitative estimate of drug-likeness (QED) is 0.663. The van der Waals surface area contributed by atoms with Gasteiger partial charge in [-0.05, 0) is 36.8 Å². The molecule has 1 amide bonds. The van der Waals surface area contributed by atoms with Crippen LogP contribution in [0.25, 0.3) is 10.1 Å². The van der Waals surface area contributed by atoms with Gasteiger partial charge in [-0.25, -0.2) is 4.79 Å². The summed E-state index contributed by atoms with van der Waals surface area (Å²) in [5.41, 5.74) is 0.587. The number of fused-ring (bicyclic) bond motifs is 1. The summed E-state index contributed by atoms with van der Waals surface area (Å²) in [6.45, 7) is 2.47. The molecule has 130 valence electrons. The van der Waals surface area contributed by atoms with Gasteiger partial charge < -0.3 is 19.2 Å². The highest BCUT2D eigenvalue weighted by atomic mass is 32.1. The SMILES string of the molecule is CCCOc1c(C(=O)OC)sc2ccc(NC(=O)c3ccco3)cc12. The monoisotopic (exact) mass is 359 g/mol. The number of thiophene rings is 1. The van der Waals surface area contributed by atoms with E-state index in [9.17, 15) is 9.59 Å². The Morgan fingerprint density at radius 1 is 1.28 bits per heavy atom. The van der Waals surface area contributed by atoms with E-state index in [-0.39, 0.29) is 11.7 Å². The summed E-state index contributed by atoms with van der Waals surface area (Å²) in [6.07, 6.45) is 2.25. The van der Waals surface area contributed by atoms with E-state index >= 15 is 0 Å². The number of benzene rings is 1. The lowest BCUT2D eigenvalue weighted by Gasteiger charge is -2.07. The summed E-state index contributed by atoms with van der Waals surface area (Å²) in [4.78, 5) is 24.5. The molecule has 3 rings (SSSR count). The predicted molar refractivity (Wildman–Crippen MR) is 95.6 cm³/mol. The predicted octanol–water partition coefficient (Wildman–Crippen LogP) is 4.32. The van der Waals surface area contributed by atoms with Crippen molar-refractivity contribution >= 4 is 39.0 Å². The normalized spacial score (nSPS) is 10.6. The van der Waals surface area contributed by atoms with Crippen LogP contribution in [0.1, 0.15) is 33.6 Å². The third-order valence-electron chi connectivity index (χ3n) is 3.47. The van der Waals surface area contributed by atoms with Crippen LogP contribution in [-0.2, 0) is 4.74 Å². The molecule has 7 heteroatoms. The van der Waals surface area contributed by atoms with Crippen LogP contribution in [0.2, 0.25) is 0 Å². The lowest BCUT2D eigenvalue weighted by atomic mass is 10.2. The first-order chi connectivity index (χ1) is 12.1. The summed E-state index contributed by atoms with van der Waals surface area (Å²) in [6, 6.07) is 8.62. The van der Waals surface area contributed by atoms with Crippen LogP contribution < -0.4 is 10.1 Å². The minimum atomic E-state index is -0.437. The minimum Gasteiger partial charge on any atom is -0.491 e. The van der Waals surface area contributed by atoms with Crippen LogP contribution in [0.15, 0.2) is 41.0 Å². The molecular weight excluding hydrogens is 342 g/mol. The maximum Gasteiger partial charge on any atom is 0.351 e. The lowest BCUT2D eigenvalue weighted by molar-refractivity contribution is 0.0602. The van der Waals surface area contributed by atoms with Crippen molar-refractivity contribution in [2.75, 3.05) is 19.0 Å². The molecule has 6 nitrogen and oxygen atoms in total. The third-order valence-corrected chi connectivity index (χ3v) is 4.60. The van der Waals surface area contributed by atoms with Gasteiger partial charge in [-0.15, -0.1) is 11.3 Å². The molecule has 2 aromatic heterocycles. The maximum atomic E-state index is 12.1. The number of esters is 1. The smallest absolute Gasteiger partial charge is 0.351 e. The average Bonchev–Trinajstić information content (AvgIpc) is 3.27. The number of rotatable bonds is 6. The van der Waals surface area contributed by atoms with E-state index in [1.165, 1.54) is 24.7 Å². The molecule has 1 N–H and O–H groups in total. The van der Waals surface area contributed by atoms with Gasteiger partial charge in [0.1, 0.15) is 0 Å². The fourth-order valence-corrected chi connectivity index (χ4v) is 3.37. The van der Waals surface area contributed by atoms with Crippen molar-refractivity contribution < 1.29 is 23.5 Å². The molecule has 0 bridgehead atoms. The standard InChI is InChI=1S/C18H17NO5S/c1-3-8-24-15-12-10-11(19-17(20)13-5-4-9-23-13)6-7-14(12)25-16(15)18(21)22-2/h4-7,9-10H,3,8H2,1-2H3,(H,19,20). The van der Waals surface area contributed by atoms with Crippen LogP contribution >= 0.6 is 11.3 Å². The molecule has 1 aromatic carbocycles. The zero-order valence-corrected chi connectivity index (χ0v) is 14.6. The summed E-state index contributed by atoms with van der Waals surface area (Å²) in [5.74, 6) is -0.0665. The Labute approximate surface area is 148 Å². The van der Waals surface area contributed by atoms with Crippen molar-refractivity contribution in [1.82, 2.24) is 0 Å². The highest BCUT2D eigenvalue weighted by Crippen LogP contribution is 2.39. The Bertz CT molecular complexity index is 898. The summed E-state index contributed by atoms with van der Waals surface area (Å²) in [7, 11) is 1.34. The van der Waals surface area contributed by atoms with Crippen molar-refractivity contribution in [1.29, 1.82) is 0 Å². The number of carbonyl (C=O) groups is 2. The fraction of sp³-hybridized carbons (Fsp3) is 0.222. The van der Waals surface area contributed by atoms with Gasteiger partial charge in [0, 0.05) is 15.8 Å². The molecule has 0 saturated heterocycles. The molecule has 3 aromatic rings. The number of hydrogen-bond acceptors (Lipinski definition) is 6. The van der Waals surface area contributed by atoms with Gasteiger partial charge in [0.05, 0.1) is 20.0 Å². The van der Waals surface area contributed by atoms with Crippen molar-refractivity contribution in [2.24, 2.45) is 0 Å². The van der Waals surface area contributed by atoms with Crippen LogP contribution in [0, 0.1) is 0 Å². The average molecular weight is 359 g/mol. The zero-order valence-electron chi connectivity index (χ0n) is 13.8. The van der Waals surface area contributed by atoms with Gasteiger partial charge >= 0.3 is 5.97 Å². The van der Waals surface area contributed by atoms with E-state index in [0.717, 1.165) is 16.5 Å². The van der Waals surface area contributed by atoms with E-state index < -0.39 is 5.97 Å². The first-order valence-corrected chi connectivity index (χ1v) is 8.58. The number of nitrogens with one attached hydrogen (secondary N) is 1. The van der Waals surface area contributed by atoms with Gasteiger partial charge in [-0.3, -0.25) is 4.79 Å². The molecule has 0 radical (unpaired) electrons. The minimum absolute atomic E-state index is 0.225. The highest BCUT2D eigenvalue weighted by molar-refractivity contribution is 7.21. The Hall–Kier alpha value is -2.80. The van der Waals surface area contributed by atoms with E-state index in [4.69, 9.17) is 13.9 Å². The molecule has 0 aliphatic rings. The van der Waals surface area contributed by atoms with Gasteiger partial charge in [0.2, 0.25) is 0 Å². The van der Waals surface area contributed by atoms with Crippen molar-refractivity contribution in [2.45, 2.75) is 13.3 Å². The summed E-state index contributed by atoms with van der Waals surface area (Å²) >= 11 is 1.30.